The summed E-state index contributed by atoms with van der Waals surface area (Å²) in [5.74, 6) is 0. The lowest BCUT2D eigenvalue weighted by Crippen LogP contribution is -1.98. The number of para-hydroxylation sites is 7. The number of pyridine rings is 1. The molecule has 8 aromatic carbocycles. The molecular weight excluding hydrogens is 711 g/mol. The molecule has 5 heteroatoms. The second-order valence-electron chi connectivity index (χ2n) is 15.0. The van der Waals surface area contributed by atoms with Gasteiger partial charge in [-0.3, -0.25) is 4.98 Å². The molecule has 13 rings (SSSR count). The van der Waals surface area contributed by atoms with E-state index >= 15 is 0 Å². The van der Waals surface area contributed by atoms with Gasteiger partial charge in [0.1, 0.15) is 16.7 Å². The zero-order valence-electron chi connectivity index (χ0n) is 31.1. The highest BCUT2D eigenvalue weighted by Crippen LogP contribution is 2.49. The lowest BCUT2D eigenvalue weighted by atomic mass is 9.89. The Morgan fingerprint density at radius 3 is 1.88 bits per heavy atom. The van der Waals surface area contributed by atoms with E-state index in [2.05, 4.69) is 178 Å². The van der Waals surface area contributed by atoms with Gasteiger partial charge in [0.2, 0.25) is 0 Å². The molecule has 0 atom stereocenters. The van der Waals surface area contributed by atoms with Gasteiger partial charge in [0.25, 0.3) is 0 Å². The predicted octanol–water partition coefficient (Wildman–Crippen LogP) is 14.4. The summed E-state index contributed by atoms with van der Waals surface area (Å²) in [7, 11) is 0. The molecule has 0 saturated heterocycles. The average Bonchev–Trinajstić information content (AvgIpc) is 4.04. The van der Waals surface area contributed by atoms with Crippen LogP contribution in [0.4, 0.5) is 0 Å². The van der Waals surface area contributed by atoms with E-state index in [9.17, 15) is 0 Å². The summed E-state index contributed by atoms with van der Waals surface area (Å²) < 4.78 is 18.3. The lowest BCUT2D eigenvalue weighted by molar-refractivity contribution is 0.666. The number of aromatic nitrogens is 3. The van der Waals surface area contributed by atoms with Gasteiger partial charge >= 0.3 is 0 Å². The molecule has 58 heavy (non-hydrogen) atoms. The third-order valence-electron chi connectivity index (χ3n) is 12.0. The molecule has 0 aliphatic heterocycles. The van der Waals surface area contributed by atoms with Crippen molar-refractivity contribution in [1.29, 1.82) is 0 Å². The quantitative estimate of drug-likeness (QED) is 0.180. The summed E-state index contributed by atoms with van der Waals surface area (Å²) in [6, 6.07) is 62.8. The number of nitrogens with zero attached hydrogens (tertiary/aromatic N) is 3. The Morgan fingerprint density at radius 1 is 0.379 bits per heavy atom. The van der Waals surface area contributed by atoms with Crippen LogP contribution < -0.4 is 0 Å². The Balaban J connectivity index is 1.24. The summed E-state index contributed by atoms with van der Waals surface area (Å²) in [4.78, 5) is 4.47. The minimum absolute atomic E-state index is 0.821. The van der Waals surface area contributed by atoms with Crippen molar-refractivity contribution in [2.75, 3.05) is 0 Å². The van der Waals surface area contributed by atoms with Gasteiger partial charge in [-0.15, -0.1) is 0 Å². The number of rotatable bonds is 4. The van der Waals surface area contributed by atoms with Gasteiger partial charge in [0.05, 0.1) is 27.8 Å². The van der Waals surface area contributed by atoms with Gasteiger partial charge in [-0.05, 0) is 54.1 Å². The molecule has 0 unspecified atom stereocenters. The van der Waals surface area contributed by atoms with Gasteiger partial charge in [-0.2, -0.15) is 0 Å². The topological polar surface area (TPSA) is 49.0 Å². The lowest BCUT2D eigenvalue weighted by Gasteiger charge is -2.17. The van der Waals surface area contributed by atoms with Gasteiger partial charge in [0, 0.05) is 77.9 Å². The molecule has 5 aromatic heterocycles. The number of fused-ring (bicyclic) bond motifs is 12. The predicted molar refractivity (Wildman–Crippen MR) is 238 cm³/mol. The maximum absolute atomic E-state index is 6.76. The standard InChI is InChI=1S/C53H31N3O2/c1-2-13-32(14-3-1)55-44-24-8-5-17-40(44)50-45(55)28-27-35(38-19-11-20-39-42-31-54-30-29-48(42)57-52(38)39)49(50)41-22-10-18-36-33-15-4-7-23-43(33)56(51(36)41)46-25-12-21-37-34-16-6-9-26-47(34)58-53(37)46/h1-31H. The Bertz CT molecular complexity index is 3810. The Labute approximate surface area is 331 Å². The molecule has 0 saturated carbocycles. The summed E-state index contributed by atoms with van der Waals surface area (Å²) in [5, 5.41) is 8.96. The third kappa shape index (κ3) is 4.22. The van der Waals surface area contributed by atoms with Crippen LogP contribution in [0.3, 0.4) is 0 Å². The van der Waals surface area contributed by atoms with E-state index in [1.54, 1.807) is 6.20 Å². The Hall–Kier alpha value is -7.89. The van der Waals surface area contributed by atoms with Gasteiger partial charge < -0.3 is 18.0 Å². The fraction of sp³-hybridized carbons (Fsp3) is 0. The fourth-order valence-electron chi connectivity index (χ4n) is 9.65. The first kappa shape index (κ1) is 31.3. The average molecular weight is 742 g/mol. The van der Waals surface area contributed by atoms with Crippen LogP contribution >= 0.6 is 0 Å². The number of hydrogen-bond donors (Lipinski definition) is 0. The maximum atomic E-state index is 6.76. The highest BCUT2D eigenvalue weighted by molar-refractivity contribution is 6.24. The minimum Gasteiger partial charge on any atom is -0.455 e. The van der Waals surface area contributed by atoms with Crippen LogP contribution in [0.15, 0.2) is 197 Å². The van der Waals surface area contributed by atoms with Crippen LogP contribution in [0, 0.1) is 0 Å². The SMILES string of the molecule is c1ccc(-n2c3ccccc3c3c(-c4cccc5c6ccccc6n(-c6cccc7c6oc6ccccc67)c45)c(-c4cccc5c4oc4ccncc45)ccc32)cc1. The van der Waals surface area contributed by atoms with Crippen LogP contribution in [-0.4, -0.2) is 14.1 Å². The van der Waals surface area contributed by atoms with E-state index < -0.39 is 0 Å². The number of furan rings is 2. The van der Waals surface area contributed by atoms with Crippen LogP contribution in [0.5, 0.6) is 0 Å². The van der Waals surface area contributed by atoms with E-state index in [1.807, 2.05) is 18.3 Å². The maximum Gasteiger partial charge on any atom is 0.159 e. The van der Waals surface area contributed by atoms with Crippen LogP contribution in [0.25, 0.3) is 121 Å². The van der Waals surface area contributed by atoms with Crippen LogP contribution in [0.1, 0.15) is 0 Å². The van der Waals surface area contributed by atoms with Crippen molar-refractivity contribution in [2.45, 2.75) is 0 Å². The van der Waals surface area contributed by atoms with Gasteiger partial charge in [-0.25, -0.2) is 0 Å². The molecule has 0 radical (unpaired) electrons. The van der Waals surface area contributed by atoms with Crippen molar-refractivity contribution in [3.63, 3.8) is 0 Å². The monoisotopic (exact) mass is 741 g/mol. The molecule has 0 aliphatic carbocycles. The zero-order valence-corrected chi connectivity index (χ0v) is 31.1. The highest BCUT2D eigenvalue weighted by Gasteiger charge is 2.26. The second-order valence-corrected chi connectivity index (χ2v) is 15.0. The first-order valence-corrected chi connectivity index (χ1v) is 19.6. The molecule has 270 valence electrons. The van der Waals surface area contributed by atoms with Crippen molar-refractivity contribution < 1.29 is 8.83 Å². The Morgan fingerprint density at radius 2 is 1.02 bits per heavy atom. The van der Waals surface area contributed by atoms with Crippen LogP contribution in [-0.2, 0) is 0 Å². The first-order valence-electron chi connectivity index (χ1n) is 19.6. The van der Waals surface area contributed by atoms with Crippen LogP contribution in [0.2, 0.25) is 0 Å². The summed E-state index contributed by atoms with van der Waals surface area (Å²) in [6.45, 7) is 0. The Kier molecular flexibility index (Phi) is 6.38. The number of benzene rings is 8. The summed E-state index contributed by atoms with van der Waals surface area (Å²) in [6.07, 6.45) is 3.70. The highest BCUT2D eigenvalue weighted by atomic mass is 16.3. The summed E-state index contributed by atoms with van der Waals surface area (Å²) >= 11 is 0. The molecular formula is C53H31N3O2. The zero-order chi connectivity index (χ0) is 37.9. The van der Waals surface area contributed by atoms with Crippen molar-refractivity contribution >= 4 is 87.5 Å². The third-order valence-corrected chi connectivity index (χ3v) is 12.0. The van der Waals surface area contributed by atoms with Crippen molar-refractivity contribution in [3.8, 4) is 33.6 Å². The molecule has 5 nitrogen and oxygen atoms in total. The number of hydrogen-bond acceptors (Lipinski definition) is 3. The van der Waals surface area contributed by atoms with E-state index in [0.29, 0.717) is 0 Å². The van der Waals surface area contributed by atoms with E-state index in [4.69, 9.17) is 8.83 Å². The smallest absolute Gasteiger partial charge is 0.159 e. The molecule has 0 spiro atoms. The minimum atomic E-state index is 0.821. The van der Waals surface area contributed by atoms with E-state index in [-0.39, 0.29) is 0 Å². The summed E-state index contributed by atoms with van der Waals surface area (Å²) in [5.41, 5.74) is 14.4. The van der Waals surface area contributed by atoms with Crippen molar-refractivity contribution in [1.82, 2.24) is 14.1 Å². The van der Waals surface area contributed by atoms with Crippen molar-refractivity contribution in [3.05, 3.63) is 188 Å². The fourth-order valence-corrected chi connectivity index (χ4v) is 9.65. The molecule has 0 bridgehead atoms. The first-order chi connectivity index (χ1) is 28.8. The van der Waals surface area contributed by atoms with Gasteiger partial charge in [0.15, 0.2) is 5.58 Å². The molecule has 0 N–H and O–H groups in total. The molecule has 5 heterocycles. The van der Waals surface area contributed by atoms with E-state index in [1.165, 1.54) is 21.5 Å². The van der Waals surface area contributed by atoms with Gasteiger partial charge in [-0.1, -0.05) is 127 Å². The molecule has 0 fully saturated rings. The van der Waals surface area contributed by atoms with Crippen molar-refractivity contribution in [2.24, 2.45) is 0 Å². The largest absolute Gasteiger partial charge is 0.455 e. The molecule has 13 aromatic rings. The molecule has 0 aliphatic rings. The van der Waals surface area contributed by atoms with E-state index in [0.717, 1.165) is 99.6 Å². The normalized spacial score (nSPS) is 12.1. The molecule has 0 amide bonds. The second kappa shape index (κ2) is 11.8.